The molecule has 1 atom stereocenters. The number of nitrogens with one attached hydrogen (secondary N) is 1. The first-order valence-electron chi connectivity index (χ1n) is 10.5. The highest BCUT2D eigenvalue weighted by Gasteiger charge is 2.35. The minimum Gasteiger partial charge on any atom is -0.497 e. The van der Waals surface area contributed by atoms with Crippen molar-refractivity contribution in [2.45, 2.75) is 20.3 Å². The molecule has 0 aliphatic carbocycles. The van der Waals surface area contributed by atoms with E-state index in [9.17, 15) is 9.59 Å². The van der Waals surface area contributed by atoms with Gasteiger partial charge in [-0.2, -0.15) is 0 Å². The molecule has 0 saturated carbocycles. The smallest absolute Gasteiger partial charge is 0.229 e. The van der Waals surface area contributed by atoms with Crippen molar-refractivity contribution in [2.75, 3.05) is 23.9 Å². The van der Waals surface area contributed by atoms with Crippen molar-refractivity contribution in [2.24, 2.45) is 5.92 Å². The minimum absolute atomic E-state index is 0.0736. The van der Waals surface area contributed by atoms with Crippen LogP contribution in [-0.4, -0.2) is 25.5 Å². The molecule has 0 unspecified atom stereocenters. The lowest BCUT2D eigenvalue weighted by atomic mass is 10.1. The van der Waals surface area contributed by atoms with Crippen molar-refractivity contribution in [3.05, 3.63) is 77.9 Å². The Morgan fingerprint density at radius 3 is 2.41 bits per heavy atom. The summed E-state index contributed by atoms with van der Waals surface area (Å²) in [5.74, 6) is 1.46. The zero-order chi connectivity index (χ0) is 22.7. The van der Waals surface area contributed by atoms with Gasteiger partial charge in [0, 0.05) is 30.4 Å². The Hall–Kier alpha value is -3.80. The summed E-state index contributed by atoms with van der Waals surface area (Å²) in [6.45, 7) is 4.44. The summed E-state index contributed by atoms with van der Waals surface area (Å²) in [5.41, 5.74) is 3.78. The molecule has 1 fully saturated rings. The number of hydrogen-bond donors (Lipinski definition) is 1. The molecule has 2 amide bonds. The molecule has 6 nitrogen and oxygen atoms in total. The molecular weight excluding hydrogens is 404 g/mol. The number of hydrogen-bond acceptors (Lipinski definition) is 4. The quantitative estimate of drug-likeness (QED) is 0.591. The van der Waals surface area contributed by atoms with Gasteiger partial charge in [0.15, 0.2) is 0 Å². The minimum atomic E-state index is -0.417. The van der Waals surface area contributed by atoms with Gasteiger partial charge in [0.25, 0.3) is 0 Å². The number of rotatable bonds is 6. The Bertz CT molecular complexity index is 1140. The molecule has 4 rings (SSSR count). The van der Waals surface area contributed by atoms with E-state index < -0.39 is 5.92 Å². The van der Waals surface area contributed by atoms with Gasteiger partial charge < -0.3 is 19.7 Å². The van der Waals surface area contributed by atoms with Gasteiger partial charge >= 0.3 is 0 Å². The molecule has 0 bridgehead atoms. The number of benzene rings is 3. The van der Waals surface area contributed by atoms with E-state index >= 15 is 0 Å². The number of nitrogens with zero attached hydrogens (tertiary/aromatic N) is 1. The van der Waals surface area contributed by atoms with Gasteiger partial charge in [-0.1, -0.05) is 12.1 Å². The van der Waals surface area contributed by atoms with Gasteiger partial charge in [-0.15, -0.1) is 0 Å². The molecular formula is C26H26N2O4. The zero-order valence-electron chi connectivity index (χ0n) is 18.4. The van der Waals surface area contributed by atoms with Crippen LogP contribution in [0.25, 0.3) is 0 Å². The number of carbonyl (C=O) groups excluding carboxylic acids is 2. The maximum Gasteiger partial charge on any atom is 0.229 e. The molecule has 1 aliphatic rings. The van der Waals surface area contributed by atoms with E-state index in [1.165, 1.54) is 11.1 Å². The highest BCUT2D eigenvalue weighted by atomic mass is 16.5. The normalized spacial score (nSPS) is 15.5. The molecule has 0 aromatic heterocycles. The van der Waals surface area contributed by atoms with E-state index in [1.807, 2.05) is 55.5 Å². The third-order valence-corrected chi connectivity index (χ3v) is 5.70. The van der Waals surface area contributed by atoms with Gasteiger partial charge in [-0.25, -0.2) is 0 Å². The Balaban J connectivity index is 1.37. The van der Waals surface area contributed by atoms with Crippen LogP contribution >= 0.6 is 0 Å². The third kappa shape index (κ3) is 4.75. The van der Waals surface area contributed by atoms with Gasteiger partial charge in [0.05, 0.1) is 13.0 Å². The molecule has 1 saturated heterocycles. The highest BCUT2D eigenvalue weighted by Crippen LogP contribution is 2.29. The fourth-order valence-corrected chi connectivity index (χ4v) is 3.68. The second-order valence-electron chi connectivity index (χ2n) is 7.97. The van der Waals surface area contributed by atoms with Gasteiger partial charge in [0.2, 0.25) is 11.8 Å². The van der Waals surface area contributed by atoms with Crippen molar-refractivity contribution in [1.82, 2.24) is 0 Å². The van der Waals surface area contributed by atoms with Crippen molar-refractivity contribution in [3.8, 4) is 17.2 Å². The molecule has 0 spiro atoms. The van der Waals surface area contributed by atoms with Crippen LogP contribution in [-0.2, 0) is 9.59 Å². The van der Waals surface area contributed by atoms with Crippen LogP contribution in [0.5, 0.6) is 17.2 Å². The van der Waals surface area contributed by atoms with Crippen LogP contribution in [0.4, 0.5) is 11.4 Å². The van der Waals surface area contributed by atoms with Crippen molar-refractivity contribution < 1.29 is 19.1 Å². The first kappa shape index (κ1) is 21.4. The summed E-state index contributed by atoms with van der Waals surface area (Å²) in [4.78, 5) is 26.9. The van der Waals surface area contributed by atoms with E-state index in [0.29, 0.717) is 23.7 Å². The monoisotopic (exact) mass is 430 g/mol. The highest BCUT2D eigenvalue weighted by molar-refractivity contribution is 6.03. The predicted octanol–water partition coefficient (Wildman–Crippen LogP) is 5.10. The number of aryl methyl sites for hydroxylation is 2. The largest absolute Gasteiger partial charge is 0.497 e. The number of anilines is 2. The van der Waals surface area contributed by atoms with E-state index in [2.05, 4.69) is 12.2 Å². The Morgan fingerprint density at radius 1 is 0.938 bits per heavy atom. The van der Waals surface area contributed by atoms with E-state index in [0.717, 1.165) is 11.4 Å². The third-order valence-electron chi connectivity index (χ3n) is 5.70. The number of carbonyl (C=O) groups is 2. The average Bonchev–Trinajstić information content (AvgIpc) is 3.19. The van der Waals surface area contributed by atoms with Crippen LogP contribution in [0.15, 0.2) is 66.7 Å². The summed E-state index contributed by atoms with van der Waals surface area (Å²) < 4.78 is 11.1. The van der Waals surface area contributed by atoms with Crippen molar-refractivity contribution in [1.29, 1.82) is 0 Å². The van der Waals surface area contributed by atoms with Crippen molar-refractivity contribution in [3.63, 3.8) is 0 Å². The predicted molar refractivity (Wildman–Crippen MR) is 125 cm³/mol. The Labute approximate surface area is 187 Å². The molecule has 3 aromatic rings. The lowest BCUT2D eigenvalue weighted by molar-refractivity contribution is -0.122. The van der Waals surface area contributed by atoms with Gasteiger partial charge in [-0.05, 0) is 73.5 Å². The second-order valence-corrected chi connectivity index (χ2v) is 7.97. The summed E-state index contributed by atoms with van der Waals surface area (Å²) in [7, 11) is 1.58. The number of methoxy groups -OCH3 is 1. The van der Waals surface area contributed by atoms with Gasteiger partial charge in [0.1, 0.15) is 17.2 Å². The fourth-order valence-electron chi connectivity index (χ4n) is 3.68. The van der Waals surface area contributed by atoms with Crippen molar-refractivity contribution >= 4 is 23.2 Å². The molecule has 32 heavy (non-hydrogen) atoms. The standard InChI is InChI=1S/C26H26N2O4/c1-17-7-10-24(13-18(17)2)32-22-11-8-20(9-12-22)27-26(30)19-14-25(29)28(16-19)21-5-4-6-23(15-21)31-3/h4-13,15,19H,14,16H2,1-3H3,(H,27,30)/t19-/m1/s1. The van der Waals surface area contributed by atoms with Crippen LogP contribution in [0.1, 0.15) is 17.5 Å². The number of ether oxygens (including phenoxy) is 2. The topological polar surface area (TPSA) is 67.9 Å². The first-order valence-corrected chi connectivity index (χ1v) is 10.5. The Kier molecular flexibility index (Phi) is 6.12. The maximum absolute atomic E-state index is 12.8. The lowest BCUT2D eigenvalue weighted by Gasteiger charge is -2.17. The summed E-state index contributed by atoms with van der Waals surface area (Å²) in [6.07, 6.45) is 0.178. The first-order chi connectivity index (χ1) is 15.4. The molecule has 0 radical (unpaired) electrons. The SMILES string of the molecule is COc1cccc(N2C[C@H](C(=O)Nc3ccc(Oc4ccc(C)c(C)c4)cc3)CC2=O)c1. The van der Waals surface area contributed by atoms with Crippen LogP contribution in [0.3, 0.4) is 0 Å². The van der Waals surface area contributed by atoms with Crippen LogP contribution in [0, 0.1) is 19.8 Å². The fraction of sp³-hybridized carbons (Fsp3) is 0.231. The number of amides is 2. The zero-order valence-corrected chi connectivity index (χ0v) is 18.4. The summed E-state index contributed by atoms with van der Waals surface area (Å²) in [6, 6.07) is 20.5. The second kappa shape index (κ2) is 9.14. The van der Waals surface area contributed by atoms with E-state index in [4.69, 9.17) is 9.47 Å². The molecule has 3 aromatic carbocycles. The molecule has 1 N–H and O–H groups in total. The molecule has 164 valence electrons. The molecule has 6 heteroatoms. The van der Waals surface area contributed by atoms with Crippen LogP contribution in [0.2, 0.25) is 0 Å². The molecule has 1 aliphatic heterocycles. The maximum atomic E-state index is 12.8. The lowest BCUT2D eigenvalue weighted by Crippen LogP contribution is -2.28. The summed E-state index contributed by atoms with van der Waals surface area (Å²) >= 11 is 0. The van der Waals surface area contributed by atoms with Crippen LogP contribution < -0.4 is 19.7 Å². The van der Waals surface area contributed by atoms with Gasteiger partial charge in [-0.3, -0.25) is 9.59 Å². The average molecular weight is 431 g/mol. The van der Waals surface area contributed by atoms with E-state index in [1.54, 1.807) is 30.2 Å². The Morgan fingerprint density at radius 2 is 1.69 bits per heavy atom. The molecule has 1 heterocycles. The van der Waals surface area contributed by atoms with E-state index in [-0.39, 0.29) is 18.2 Å². The summed E-state index contributed by atoms with van der Waals surface area (Å²) in [5, 5.41) is 2.91.